The number of hydrogen-bond donors (Lipinski definition) is 1. The molecule has 0 aliphatic rings. The van der Waals surface area contributed by atoms with Crippen LogP contribution in [0.25, 0.3) is 32.3 Å². The van der Waals surface area contributed by atoms with Crippen LogP contribution in [-0.2, 0) is 0 Å². The second-order valence-corrected chi connectivity index (χ2v) is 6.14. The van der Waals surface area contributed by atoms with Crippen molar-refractivity contribution in [3.05, 3.63) is 94.4 Å². The predicted octanol–water partition coefficient (Wildman–Crippen LogP) is 4.31. The van der Waals surface area contributed by atoms with Crippen molar-refractivity contribution in [3.8, 4) is 0 Å². The summed E-state index contributed by atoms with van der Waals surface area (Å²) in [5.41, 5.74) is 3.83. The average Bonchev–Trinajstić information content (AvgIpc) is 2.67. The molecule has 0 saturated heterocycles. The van der Waals surface area contributed by atoms with Gasteiger partial charge in [0, 0.05) is 16.2 Å². The predicted molar refractivity (Wildman–Crippen MR) is 103 cm³/mol. The summed E-state index contributed by atoms with van der Waals surface area (Å²) in [5, 5.41) is 10.9. The molecule has 5 rings (SSSR count). The van der Waals surface area contributed by atoms with Crippen molar-refractivity contribution in [2.24, 2.45) is 5.10 Å². The van der Waals surface area contributed by atoms with Crippen LogP contribution in [0, 0.1) is 0 Å². The Morgan fingerprint density at radius 1 is 0.640 bits per heavy atom. The van der Waals surface area contributed by atoms with Crippen molar-refractivity contribution in [2.45, 2.75) is 0 Å². The minimum atomic E-state index is -0.0415. The highest BCUT2D eigenvalue weighted by atomic mass is 16.1. The van der Waals surface area contributed by atoms with Gasteiger partial charge < -0.3 is 0 Å². The molecule has 0 atom stereocenters. The van der Waals surface area contributed by atoms with Crippen molar-refractivity contribution in [3.63, 3.8) is 0 Å². The zero-order valence-electron chi connectivity index (χ0n) is 13.4. The van der Waals surface area contributed by atoms with Crippen LogP contribution in [0.15, 0.2) is 88.8 Å². The lowest BCUT2D eigenvalue weighted by Crippen LogP contribution is -2.27. The maximum atomic E-state index is 13.1. The molecule has 0 unspecified atom stereocenters. The number of nitrogens with zero attached hydrogens (tertiary/aromatic N) is 1. The molecule has 0 fully saturated rings. The summed E-state index contributed by atoms with van der Waals surface area (Å²) in [4.78, 5) is 13.1. The number of para-hydroxylation sites is 1. The fraction of sp³-hybridized carbons (Fsp3) is 0. The summed E-state index contributed by atoms with van der Waals surface area (Å²) in [6.45, 7) is 0. The summed E-state index contributed by atoms with van der Waals surface area (Å²) in [5.74, 6) is 0. The summed E-state index contributed by atoms with van der Waals surface area (Å²) in [6, 6.07) is 25.7. The van der Waals surface area contributed by atoms with Crippen molar-refractivity contribution >= 4 is 38.0 Å². The van der Waals surface area contributed by atoms with E-state index in [-0.39, 0.29) is 5.43 Å². The fourth-order valence-corrected chi connectivity index (χ4v) is 3.54. The van der Waals surface area contributed by atoms with E-state index in [0.717, 1.165) is 38.0 Å². The van der Waals surface area contributed by atoms with Crippen molar-refractivity contribution < 1.29 is 0 Å². The van der Waals surface area contributed by atoms with Gasteiger partial charge in [-0.1, -0.05) is 66.7 Å². The summed E-state index contributed by atoms with van der Waals surface area (Å²) < 4.78 is 0. The van der Waals surface area contributed by atoms with Crippen molar-refractivity contribution in [2.75, 3.05) is 5.43 Å². The van der Waals surface area contributed by atoms with E-state index in [1.54, 1.807) is 0 Å². The Balaban J connectivity index is 1.93. The first-order valence-electron chi connectivity index (χ1n) is 8.21. The van der Waals surface area contributed by atoms with Gasteiger partial charge >= 0.3 is 0 Å². The normalized spacial score (nSPS) is 12.4. The number of anilines is 1. The molecule has 3 heteroatoms. The Labute approximate surface area is 143 Å². The SMILES string of the molecule is O=c1/c(=N\Nc2ccccc2)c2cccc3ccc4cccc1c4c32. The monoisotopic (exact) mass is 322 g/mol. The van der Waals surface area contributed by atoms with Crippen LogP contribution in [0.2, 0.25) is 0 Å². The standard InChI is InChI=1S/C22H14N2O/c25-22-18-11-5-7-15-13-12-14-6-4-10-17(19(14)20(15)18)21(22)24-23-16-8-2-1-3-9-16/h1-13,23H/b24-21-. The Morgan fingerprint density at radius 3 is 2.00 bits per heavy atom. The topological polar surface area (TPSA) is 41.5 Å². The van der Waals surface area contributed by atoms with Crippen LogP contribution < -0.4 is 16.2 Å². The molecule has 0 aliphatic carbocycles. The highest BCUT2D eigenvalue weighted by Gasteiger charge is 2.13. The first kappa shape index (κ1) is 13.9. The molecule has 0 aliphatic heterocycles. The van der Waals surface area contributed by atoms with Crippen LogP contribution >= 0.6 is 0 Å². The van der Waals surface area contributed by atoms with E-state index in [1.165, 1.54) is 0 Å². The lowest BCUT2D eigenvalue weighted by molar-refractivity contribution is 1.22. The first-order valence-corrected chi connectivity index (χ1v) is 8.21. The van der Waals surface area contributed by atoms with E-state index in [9.17, 15) is 4.79 Å². The molecule has 25 heavy (non-hydrogen) atoms. The molecule has 0 saturated carbocycles. The molecule has 5 aromatic rings. The quantitative estimate of drug-likeness (QED) is 0.389. The minimum Gasteiger partial charge on any atom is -0.287 e. The second-order valence-electron chi connectivity index (χ2n) is 6.14. The summed E-state index contributed by atoms with van der Waals surface area (Å²) >= 11 is 0. The molecule has 0 heterocycles. The van der Waals surface area contributed by atoms with E-state index >= 15 is 0 Å². The maximum absolute atomic E-state index is 13.1. The number of hydrogen-bond acceptors (Lipinski definition) is 3. The third-order valence-corrected chi connectivity index (χ3v) is 4.67. The van der Waals surface area contributed by atoms with Gasteiger partial charge in [-0.25, -0.2) is 0 Å². The Bertz CT molecular complexity index is 1330. The van der Waals surface area contributed by atoms with E-state index in [0.29, 0.717) is 5.36 Å². The highest BCUT2D eigenvalue weighted by Crippen LogP contribution is 2.30. The molecule has 1 N–H and O–H groups in total. The molecule has 0 spiro atoms. The molecule has 3 nitrogen and oxygen atoms in total. The maximum Gasteiger partial charge on any atom is 0.214 e. The van der Waals surface area contributed by atoms with Gasteiger partial charge in [-0.05, 0) is 28.3 Å². The van der Waals surface area contributed by atoms with E-state index in [1.807, 2.05) is 60.7 Å². The lowest BCUT2D eigenvalue weighted by atomic mass is 9.94. The van der Waals surface area contributed by atoms with Gasteiger partial charge in [0.2, 0.25) is 5.43 Å². The van der Waals surface area contributed by atoms with Crippen LogP contribution in [0.4, 0.5) is 5.69 Å². The number of benzene rings is 5. The van der Waals surface area contributed by atoms with Gasteiger partial charge in [-0.2, -0.15) is 5.10 Å². The molecule has 0 bridgehead atoms. The zero-order chi connectivity index (χ0) is 16.8. The largest absolute Gasteiger partial charge is 0.287 e. The van der Waals surface area contributed by atoms with E-state index in [4.69, 9.17) is 0 Å². The molecule has 118 valence electrons. The van der Waals surface area contributed by atoms with Gasteiger partial charge in [0.1, 0.15) is 5.36 Å². The van der Waals surface area contributed by atoms with Crippen LogP contribution in [0.5, 0.6) is 0 Å². The smallest absolute Gasteiger partial charge is 0.214 e. The average molecular weight is 322 g/mol. The molecular formula is C22H14N2O. The summed E-state index contributed by atoms with van der Waals surface area (Å²) in [7, 11) is 0. The fourth-order valence-electron chi connectivity index (χ4n) is 3.54. The van der Waals surface area contributed by atoms with Gasteiger partial charge in [0.15, 0.2) is 0 Å². The number of rotatable bonds is 2. The molecular weight excluding hydrogens is 308 g/mol. The molecule has 0 amide bonds. The Kier molecular flexibility index (Phi) is 2.94. The van der Waals surface area contributed by atoms with Gasteiger partial charge in [-0.3, -0.25) is 10.2 Å². The zero-order valence-corrected chi connectivity index (χ0v) is 13.4. The molecule has 0 aromatic heterocycles. The van der Waals surface area contributed by atoms with Crippen molar-refractivity contribution in [1.82, 2.24) is 0 Å². The van der Waals surface area contributed by atoms with Crippen LogP contribution in [0.1, 0.15) is 0 Å². The Morgan fingerprint density at radius 2 is 1.28 bits per heavy atom. The number of nitrogens with one attached hydrogen (secondary N) is 1. The van der Waals surface area contributed by atoms with Gasteiger partial charge in [-0.15, -0.1) is 0 Å². The van der Waals surface area contributed by atoms with Gasteiger partial charge in [0.25, 0.3) is 0 Å². The third-order valence-electron chi connectivity index (χ3n) is 4.67. The van der Waals surface area contributed by atoms with Crippen molar-refractivity contribution in [1.29, 1.82) is 0 Å². The minimum absolute atomic E-state index is 0.0415. The van der Waals surface area contributed by atoms with Crippen LogP contribution in [0.3, 0.4) is 0 Å². The van der Waals surface area contributed by atoms with Crippen LogP contribution in [-0.4, -0.2) is 0 Å². The molecule has 5 aromatic carbocycles. The highest BCUT2D eigenvalue weighted by molar-refractivity contribution is 6.22. The molecule has 0 radical (unpaired) electrons. The van der Waals surface area contributed by atoms with E-state index < -0.39 is 0 Å². The van der Waals surface area contributed by atoms with E-state index in [2.05, 4.69) is 28.7 Å². The third kappa shape index (κ3) is 2.06. The second kappa shape index (κ2) is 5.28. The first-order chi connectivity index (χ1) is 12.3. The Hall–Kier alpha value is -3.46. The lowest BCUT2D eigenvalue weighted by Gasteiger charge is -2.10. The van der Waals surface area contributed by atoms with Gasteiger partial charge in [0.05, 0.1) is 5.69 Å². The summed E-state index contributed by atoms with van der Waals surface area (Å²) in [6.07, 6.45) is 0.